The number of rotatable bonds is 10. The third kappa shape index (κ3) is 7.65. The van der Waals surface area contributed by atoms with Crippen LogP contribution in [0.15, 0.2) is 11.6 Å². The highest BCUT2D eigenvalue weighted by molar-refractivity contribution is 5.76. The maximum Gasteiger partial charge on any atom is 0.220 e. The van der Waals surface area contributed by atoms with Crippen molar-refractivity contribution < 1.29 is 4.79 Å². The van der Waals surface area contributed by atoms with E-state index in [9.17, 15) is 4.79 Å². The monoisotopic (exact) mass is 281 g/mol. The summed E-state index contributed by atoms with van der Waals surface area (Å²) < 4.78 is 0. The number of carbonyl (C=O) groups is 1. The van der Waals surface area contributed by atoms with Crippen LogP contribution in [0.1, 0.15) is 46.0 Å². The van der Waals surface area contributed by atoms with Crippen molar-refractivity contribution in [2.24, 2.45) is 0 Å². The van der Waals surface area contributed by atoms with Gasteiger partial charge in [0.05, 0.1) is 0 Å². The topological polar surface area (TPSA) is 44.4 Å². The van der Waals surface area contributed by atoms with E-state index in [0.717, 1.165) is 52.1 Å². The van der Waals surface area contributed by atoms with Crippen molar-refractivity contribution in [3.8, 4) is 0 Å². The van der Waals surface area contributed by atoms with E-state index in [0.29, 0.717) is 6.42 Å². The third-order valence-corrected chi connectivity index (χ3v) is 3.63. The Bertz CT molecular complexity index is 296. The molecule has 0 radical (unpaired) electrons. The predicted octanol–water partition coefficient (Wildman–Crippen LogP) is 1.92. The van der Waals surface area contributed by atoms with Crippen LogP contribution in [0.4, 0.5) is 0 Å². The van der Waals surface area contributed by atoms with E-state index in [-0.39, 0.29) is 5.91 Å². The van der Waals surface area contributed by atoms with E-state index in [4.69, 9.17) is 0 Å². The molecule has 0 saturated carbocycles. The van der Waals surface area contributed by atoms with Gasteiger partial charge >= 0.3 is 0 Å². The van der Waals surface area contributed by atoms with Crippen LogP contribution in [-0.2, 0) is 4.79 Å². The van der Waals surface area contributed by atoms with Gasteiger partial charge in [-0.3, -0.25) is 4.79 Å². The molecule has 4 nitrogen and oxygen atoms in total. The summed E-state index contributed by atoms with van der Waals surface area (Å²) >= 11 is 0. The van der Waals surface area contributed by atoms with Crippen molar-refractivity contribution in [2.75, 3.05) is 39.3 Å². The predicted molar refractivity (Wildman–Crippen MR) is 84.8 cm³/mol. The van der Waals surface area contributed by atoms with Crippen molar-refractivity contribution in [3.63, 3.8) is 0 Å². The molecule has 2 N–H and O–H groups in total. The molecule has 0 aromatic heterocycles. The number of amides is 1. The molecule has 0 aromatic carbocycles. The second kappa shape index (κ2) is 10.9. The number of hydrogen-bond acceptors (Lipinski definition) is 3. The van der Waals surface area contributed by atoms with Crippen LogP contribution in [0.3, 0.4) is 0 Å². The minimum atomic E-state index is 0.192. The smallest absolute Gasteiger partial charge is 0.220 e. The first-order chi connectivity index (χ1) is 9.76. The number of nitrogens with zero attached hydrogens (tertiary/aromatic N) is 1. The van der Waals surface area contributed by atoms with Gasteiger partial charge in [0.2, 0.25) is 5.91 Å². The average molecular weight is 281 g/mol. The molecule has 116 valence electrons. The highest BCUT2D eigenvalue weighted by atomic mass is 16.1. The highest BCUT2D eigenvalue weighted by Gasteiger charge is 2.07. The SMILES string of the molecule is CCCN(CCC)CCCC(=O)NCC1=CCNCC1. The largest absolute Gasteiger partial charge is 0.352 e. The van der Waals surface area contributed by atoms with Gasteiger partial charge in [-0.25, -0.2) is 0 Å². The van der Waals surface area contributed by atoms with Gasteiger partial charge in [-0.05, 0) is 51.9 Å². The summed E-state index contributed by atoms with van der Waals surface area (Å²) in [4.78, 5) is 14.3. The van der Waals surface area contributed by atoms with Crippen molar-refractivity contribution >= 4 is 5.91 Å². The van der Waals surface area contributed by atoms with Crippen LogP contribution in [0.25, 0.3) is 0 Å². The summed E-state index contributed by atoms with van der Waals surface area (Å²) in [6.07, 6.45) is 7.24. The number of hydrogen-bond donors (Lipinski definition) is 2. The fourth-order valence-corrected chi connectivity index (χ4v) is 2.56. The van der Waals surface area contributed by atoms with Crippen molar-refractivity contribution in [1.29, 1.82) is 0 Å². The third-order valence-electron chi connectivity index (χ3n) is 3.63. The van der Waals surface area contributed by atoms with Gasteiger partial charge in [-0.15, -0.1) is 0 Å². The van der Waals surface area contributed by atoms with E-state index in [2.05, 4.69) is 35.5 Å². The molecule has 0 unspecified atom stereocenters. The number of carbonyl (C=O) groups excluding carboxylic acids is 1. The van der Waals surface area contributed by atoms with E-state index >= 15 is 0 Å². The van der Waals surface area contributed by atoms with Crippen LogP contribution in [-0.4, -0.2) is 50.1 Å². The Labute approximate surface area is 124 Å². The Morgan fingerprint density at radius 3 is 2.65 bits per heavy atom. The fourth-order valence-electron chi connectivity index (χ4n) is 2.56. The maximum absolute atomic E-state index is 11.8. The molecule has 1 heterocycles. The van der Waals surface area contributed by atoms with Gasteiger partial charge in [0.1, 0.15) is 0 Å². The first kappa shape index (κ1) is 17.2. The van der Waals surface area contributed by atoms with Crippen LogP contribution in [0, 0.1) is 0 Å². The van der Waals surface area contributed by atoms with E-state index in [1.165, 1.54) is 18.4 Å². The van der Waals surface area contributed by atoms with Crippen LogP contribution in [0.5, 0.6) is 0 Å². The molecule has 1 amide bonds. The minimum Gasteiger partial charge on any atom is -0.352 e. The first-order valence-corrected chi connectivity index (χ1v) is 8.14. The Hall–Kier alpha value is -0.870. The summed E-state index contributed by atoms with van der Waals surface area (Å²) in [6.45, 7) is 10.5. The molecule has 1 rings (SSSR count). The quantitative estimate of drug-likeness (QED) is 0.601. The normalized spacial score (nSPS) is 15.2. The lowest BCUT2D eigenvalue weighted by Gasteiger charge is -2.20. The Morgan fingerprint density at radius 2 is 2.05 bits per heavy atom. The van der Waals surface area contributed by atoms with Gasteiger partial charge in [0.15, 0.2) is 0 Å². The molecule has 0 aliphatic carbocycles. The summed E-state index contributed by atoms with van der Waals surface area (Å²) in [5, 5.41) is 6.31. The van der Waals surface area contributed by atoms with Gasteiger partial charge in [-0.2, -0.15) is 0 Å². The van der Waals surface area contributed by atoms with Crippen molar-refractivity contribution in [3.05, 3.63) is 11.6 Å². The maximum atomic E-state index is 11.8. The lowest BCUT2D eigenvalue weighted by atomic mass is 10.1. The Balaban J connectivity index is 2.10. The van der Waals surface area contributed by atoms with Crippen molar-refractivity contribution in [1.82, 2.24) is 15.5 Å². The molecule has 0 saturated heterocycles. The van der Waals surface area contributed by atoms with Crippen LogP contribution < -0.4 is 10.6 Å². The summed E-state index contributed by atoms with van der Waals surface area (Å²) in [6, 6.07) is 0. The molecular formula is C16H31N3O. The standard InChI is InChI=1S/C16H31N3O/c1-3-11-19(12-4-2)13-5-6-16(20)18-14-15-7-9-17-10-8-15/h7,17H,3-6,8-14H2,1-2H3,(H,18,20). The summed E-state index contributed by atoms with van der Waals surface area (Å²) in [7, 11) is 0. The molecule has 1 aliphatic heterocycles. The molecule has 0 aromatic rings. The van der Waals surface area contributed by atoms with Gasteiger partial charge in [0.25, 0.3) is 0 Å². The molecule has 20 heavy (non-hydrogen) atoms. The minimum absolute atomic E-state index is 0.192. The molecule has 4 heteroatoms. The zero-order chi connectivity index (χ0) is 14.6. The second-order valence-corrected chi connectivity index (χ2v) is 5.54. The van der Waals surface area contributed by atoms with E-state index in [1.54, 1.807) is 0 Å². The lowest BCUT2D eigenvalue weighted by molar-refractivity contribution is -0.121. The van der Waals surface area contributed by atoms with E-state index in [1.807, 2.05) is 0 Å². The lowest BCUT2D eigenvalue weighted by Crippen LogP contribution is -2.31. The average Bonchev–Trinajstić information content (AvgIpc) is 2.47. The molecule has 0 bridgehead atoms. The van der Waals surface area contributed by atoms with Crippen LogP contribution in [0.2, 0.25) is 0 Å². The van der Waals surface area contributed by atoms with Crippen LogP contribution >= 0.6 is 0 Å². The Kier molecular flexibility index (Phi) is 9.33. The zero-order valence-corrected chi connectivity index (χ0v) is 13.2. The second-order valence-electron chi connectivity index (χ2n) is 5.54. The Morgan fingerprint density at radius 1 is 1.30 bits per heavy atom. The van der Waals surface area contributed by atoms with Gasteiger partial charge in [0, 0.05) is 19.5 Å². The highest BCUT2D eigenvalue weighted by Crippen LogP contribution is 2.03. The van der Waals surface area contributed by atoms with Crippen molar-refractivity contribution in [2.45, 2.75) is 46.0 Å². The molecule has 0 atom stereocenters. The van der Waals surface area contributed by atoms with Gasteiger partial charge in [-0.1, -0.05) is 25.5 Å². The summed E-state index contributed by atoms with van der Waals surface area (Å²) in [5.74, 6) is 0.192. The summed E-state index contributed by atoms with van der Waals surface area (Å²) in [5.41, 5.74) is 1.36. The van der Waals surface area contributed by atoms with Gasteiger partial charge < -0.3 is 15.5 Å². The first-order valence-electron chi connectivity index (χ1n) is 8.14. The zero-order valence-electron chi connectivity index (χ0n) is 13.2. The number of nitrogens with one attached hydrogen (secondary N) is 2. The molecule has 1 aliphatic rings. The fraction of sp³-hybridized carbons (Fsp3) is 0.812. The molecule has 0 fully saturated rings. The molecular weight excluding hydrogens is 250 g/mol. The molecule has 0 spiro atoms. The van der Waals surface area contributed by atoms with E-state index < -0.39 is 0 Å².